The Labute approximate surface area is 59.5 Å². The van der Waals surface area contributed by atoms with Crippen LogP contribution in [0.3, 0.4) is 0 Å². The van der Waals surface area contributed by atoms with Crippen molar-refractivity contribution < 1.29 is 9.52 Å². The Hall–Kier alpha value is -0.800. The zero-order valence-corrected chi connectivity index (χ0v) is 5.82. The van der Waals surface area contributed by atoms with Gasteiger partial charge in [0.1, 0.15) is 0 Å². The van der Waals surface area contributed by atoms with E-state index in [-0.39, 0.29) is 6.04 Å². The van der Waals surface area contributed by atoms with E-state index in [2.05, 4.69) is 0 Å². The van der Waals surface area contributed by atoms with Crippen molar-refractivity contribution in [1.82, 2.24) is 0 Å². The first-order valence-electron chi connectivity index (χ1n) is 3.17. The van der Waals surface area contributed by atoms with Gasteiger partial charge in [0.15, 0.2) is 0 Å². The van der Waals surface area contributed by atoms with Crippen molar-refractivity contribution in [3.05, 3.63) is 24.2 Å². The van der Waals surface area contributed by atoms with Crippen LogP contribution in [0.2, 0.25) is 0 Å². The highest BCUT2D eigenvalue weighted by molar-refractivity contribution is 5.11. The van der Waals surface area contributed by atoms with Crippen LogP contribution in [-0.4, -0.2) is 11.2 Å². The summed E-state index contributed by atoms with van der Waals surface area (Å²) in [4.78, 5) is 0. The molecule has 0 unspecified atom stereocenters. The molecule has 3 N–H and O–H groups in total. The Kier molecular flexibility index (Phi) is 2.09. The number of rotatable bonds is 2. The molecule has 1 aromatic rings. The zero-order chi connectivity index (χ0) is 7.56. The molecular formula is C7H11NO2. The van der Waals surface area contributed by atoms with Gasteiger partial charge in [0.2, 0.25) is 0 Å². The topological polar surface area (TPSA) is 59.4 Å². The third-order valence-electron chi connectivity index (χ3n) is 1.45. The normalized spacial score (nSPS) is 16.7. The van der Waals surface area contributed by atoms with Gasteiger partial charge in [-0.15, -0.1) is 0 Å². The van der Waals surface area contributed by atoms with Crippen LogP contribution in [0, 0.1) is 0 Å². The second-order valence-corrected chi connectivity index (χ2v) is 2.32. The van der Waals surface area contributed by atoms with E-state index in [1.165, 1.54) is 12.5 Å². The smallest absolute Gasteiger partial charge is 0.0951 e. The van der Waals surface area contributed by atoms with Crippen LogP contribution in [0.15, 0.2) is 23.0 Å². The standard InChI is InChI=1S/C7H11NO2/c1-5(9)7(8)6-2-3-10-4-6/h2-5,7,9H,8H2,1H3/t5-,7-/m1/s1. The van der Waals surface area contributed by atoms with Crippen LogP contribution in [-0.2, 0) is 0 Å². The molecule has 0 aromatic carbocycles. The van der Waals surface area contributed by atoms with Gasteiger partial charge in [-0.3, -0.25) is 0 Å². The van der Waals surface area contributed by atoms with Gasteiger partial charge >= 0.3 is 0 Å². The van der Waals surface area contributed by atoms with E-state index in [0.717, 1.165) is 5.56 Å². The summed E-state index contributed by atoms with van der Waals surface area (Å²) in [6.45, 7) is 1.65. The molecule has 0 aliphatic rings. The maximum absolute atomic E-state index is 9.03. The maximum atomic E-state index is 9.03. The van der Waals surface area contributed by atoms with Crippen molar-refractivity contribution in [2.75, 3.05) is 0 Å². The highest BCUT2D eigenvalue weighted by Crippen LogP contribution is 2.13. The molecule has 56 valence electrons. The van der Waals surface area contributed by atoms with Gasteiger partial charge in [-0.25, -0.2) is 0 Å². The highest BCUT2D eigenvalue weighted by atomic mass is 16.3. The Morgan fingerprint density at radius 2 is 2.40 bits per heavy atom. The van der Waals surface area contributed by atoms with Crippen LogP contribution < -0.4 is 5.73 Å². The third-order valence-corrected chi connectivity index (χ3v) is 1.45. The molecule has 0 aliphatic heterocycles. The molecule has 1 rings (SSSR count). The largest absolute Gasteiger partial charge is 0.472 e. The molecule has 3 heteroatoms. The molecule has 0 aliphatic carbocycles. The van der Waals surface area contributed by atoms with Crippen molar-refractivity contribution in [1.29, 1.82) is 0 Å². The molecule has 0 bridgehead atoms. The van der Waals surface area contributed by atoms with Crippen molar-refractivity contribution >= 4 is 0 Å². The lowest BCUT2D eigenvalue weighted by Gasteiger charge is -2.11. The van der Waals surface area contributed by atoms with Crippen LogP contribution in [0.5, 0.6) is 0 Å². The fourth-order valence-electron chi connectivity index (χ4n) is 0.743. The summed E-state index contributed by atoms with van der Waals surface area (Å²) in [5.74, 6) is 0. The Morgan fingerprint density at radius 1 is 1.70 bits per heavy atom. The summed E-state index contributed by atoms with van der Waals surface area (Å²) < 4.78 is 4.79. The first-order valence-corrected chi connectivity index (χ1v) is 3.17. The van der Waals surface area contributed by atoms with Gasteiger partial charge < -0.3 is 15.3 Å². The quantitative estimate of drug-likeness (QED) is 0.636. The number of aliphatic hydroxyl groups is 1. The van der Waals surface area contributed by atoms with Crippen LogP contribution in [0.4, 0.5) is 0 Å². The number of aliphatic hydroxyl groups excluding tert-OH is 1. The van der Waals surface area contributed by atoms with Gasteiger partial charge in [0, 0.05) is 5.56 Å². The lowest BCUT2D eigenvalue weighted by molar-refractivity contribution is 0.164. The van der Waals surface area contributed by atoms with E-state index in [0.29, 0.717) is 0 Å². The molecule has 2 atom stereocenters. The summed E-state index contributed by atoms with van der Waals surface area (Å²) in [5, 5.41) is 9.03. The molecule has 0 fully saturated rings. The average Bonchev–Trinajstić information content (AvgIpc) is 2.36. The summed E-state index contributed by atoms with van der Waals surface area (Å²) in [6.07, 6.45) is 2.55. The molecule has 0 saturated heterocycles. The van der Waals surface area contributed by atoms with Gasteiger partial charge in [0.25, 0.3) is 0 Å². The Morgan fingerprint density at radius 3 is 2.80 bits per heavy atom. The number of hydrogen-bond acceptors (Lipinski definition) is 3. The van der Waals surface area contributed by atoms with E-state index in [9.17, 15) is 0 Å². The second kappa shape index (κ2) is 2.86. The van der Waals surface area contributed by atoms with E-state index in [4.69, 9.17) is 15.3 Å². The number of nitrogens with two attached hydrogens (primary N) is 1. The molecule has 0 radical (unpaired) electrons. The molecule has 0 amide bonds. The third kappa shape index (κ3) is 1.37. The summed E-state index contributed by atoms with van der Waals surface area (Å²) in [5.41, 5.74) is 6.40. The van der Waals surface area contributed by atoms with Gasteiger partial charge in [0.05, 0.1) is 24.7 Å². The predicted molar refractivity (Wildman–Crippen MR) is 37.3 cm³/mol. The van der Waals surface area contributed by atoms with Crippen molar-refractivity contribution in [2.45, 2.75) is 19.1 Å². The average molecular weight is 141 g/mol. The van der Waals surface area contributed by atoms with Crippen molar-refractivity contribution in [3.63, 3.8) is 0 Å². The lowest BCUT2D eigenvalue weighted by Crippen LogP contribution is -2.22. The van der Waals surface area contributed by atoms with E-state index in [1.54, 1.807) is 13.0 Å². The molecule has 3 nitrogen and oxygen atoms in total. The first-order chi connectivity index (χ1) is 4.72. The molecule has 1 aromatic heterocycles. The fraction of sp³-hybridized carbons (Fsp3) is 0.429. The predicted octanol–water partition coefficient (Wildman–Crippen LogP) is 0.660. The zero-order valence-electron chi connectivity index (χ0n) is 5.82. The monoisotopic (exact) mass is 141 g/mol. The highest BCUT2D eigenvalue weighted by Gasteiger charge is 2.11. The SMILES string of the molecule is C[C@@H](O)[C@@H](N)c1ccoc1. The van der Waals surface area contributed by atoms with E-state index < -0.39 is 6.10 Å². The van der Waals surface area contributed by atoms with Gasteiger partial charge in [-0.2, -0.15) is 0 Å². The van der Waals surface area contributed by atoms with Gasteiger partial charge in [-0.05, 0) is 13.0 Å². The molecule has 10 heavy (non-hydrogen) atoms. The minimum absolute atomic E-state index is 0.334. The number of furan rings is 1. The minimum Gasteiger partial charge on any atom is -0.472 e. The first kappa shape index (κ1) is 7.31. The van der Waals surface area contributed by atoms with Crippen molar-refractivity contribution in [3.8, 4) is 0 Å². The van der Waals surface area contributed by atoms with E-state index in [1.807, 2.05) is 0 Å². The molecule has 0 saturated carbocycles. The molecule has 0 spiro atoms. The summed E-state index contributed by atoms with van der Waals surface area (Å²) >= 11 is 0. The van der Waals surface area contributed by atoms with E-state index >= 15 is 0 Å². The fourth-order valence-corrected chi connectivity index (χ4v) is 0.743. The second-order valence-electron chi connectivity index (χ2n) is 2.32. The molecular weight excluding hydrogens is 130 g/mol. The summed E-state index contributed by atoms with van der Waals surface area (Å²) in [7, 11) is 0. The van der Waals surface area contributed by atoms with Crippen molar-refractivity contribution in [2.24, 2.45) is 5.73 Å². The Bertz CT molecular complexity index is 181. The number of hydrogen-bond donors (Lipinski definition) is 2. The minimum atomic E-state index is -0.530. The van der Waals surface area contributed by atoms with Gasteiger partial charge in [-0.1, -0.05) is 0 Å². The van der Waals surface area contributed by atoms with Crippen LogP contribution in [0.1, 0.15) is 18.5 Å². The molecule has 1 heterocycles. The Balaban J connectivity index is 2.68. The maximum Gasteiger partial charge on any atom is 0.0951 e. The summed E-state index contributed by atoms with van der Waals surface area (Å²) in [6, 6.07) is 1.41. The lowest BCUT2D eigenvalue weighted by atomic mass is 10.1. The van der Waals surface area contributed by atoms with Crippen LogP contribution >= 0.6 is 0 Å². The van der Waals surface area contributed by atoms with Crippen LogP contribution in [0.25, 0.3) is 0 Å².